The van der Waals surface area contributed by atoms with Crippen molar-refractivity contribution in [2.24, 2.45) is 5.73 Å². The van der Waals surface area contributed by atoms with Crippen molar-refractivity contribution in [1.29, 1.82) is 5.26 Å². The molecule has 1 aliphatic carbocycles. The monoisotopic (exact) mass is 379 g/mol. The van der Waals surface area contributed by atoms with Gasteiger partial charge in [0.15, 0.2) is 5.78 Å². The lowest BCUT2D eigenvalue weighted by atomic mass is 9.78. The average molecular weight is 380 g/mol. The van der Waals surface area contributed by atoms with E-state index < -0.39 is 5.92 Å². The largest absolute Gasteiger partial charge is 0.444 e. The van der Waals surface area contributed by atoms with E-state index in [0.717, 1.165) is 17.3 Å². The summed E-state index contributed by atoms with van der Waals surface area (Å²) in [5, 5.41) is 10.9. The van der Waals surface area contributed by atoms with Crippen LogP contribution < -0.4 is 5.73 Å². The van der Waals surface area contributed by atoms with Crippen LogP contribution in [-0.2, 0) is 16.0 Å². The number of allylic oxidation sites excluding steroid dienone is 3. The van der Waals surface area contributed by atoms with Gasteiger partial charge >= 0.3 is 0 Å². The third kappa shape index (κ3) is 2.87. The maximum atomic E-state index is 12.7. The molecule has 1 aliphatic heterocycles. The minimum Gasteiger partial charge on any atom is -0.444 e. The van der Waals surface area contributed by atoms with Crippen LogP contribution in [0.25, 0.3) is 10.9 Å². The van der Waals surface area contributed by atoms with E-state index in [0.29, 0.717) is 36.2 Å². The Kier molecular flexibility index (Phi) is 4.37. The average Bonchev–Trinajstić information content (AvgIpc) is 2.66. The molecule has 0 unspecified atom stereocenters. The number of ketones is 1. The zero-order valence-electron chi connectivity index (χ0n) is 14.9. The van der Waals surface area contributed by atoms with Crippen molar-refractivity contribution in [2.45, 2.75) is 38.5 Å². The van der Waals surface area contributed by atoms with Crippen LogP contribution in [0.15, 0.2) is 47.1 Å². The number of ether oxygens (including phenoxy) is 1. The molecular weight excluding hydrogens is 362 g/mol. The van der Waals surface area contributed by atoms with E-state index in [1.807, 2.05) is 18.2 Å². The molecule has 0 saturated carbocycles. The molecule has 0 saturated heterocycles. The number of halogens is 1. The highest BCUT2D eigenvalue weighted by Gasteiger charge is 2.39. The van der Waals surface area contributed by atoms with Crippen LogP contribution in [0.3, 0.4) is 0 Å². The molecule has 136 valence electrons. The lowest BCUT2D eigenvalue weighted by Crippen LogP contribution is -2.27. The first-order valence-corrected chi connectivity index (χ1v) is 9.34. The van der Waals surface area contributed by atoms with Crippen molar-refractivity contribution in [3.63, 3.8) is 0 Å². The Morgan fingerprint density at radius 2 is 2.19 bits per heavy atom. The molecule has 1 aromatic heterocycles. The number of Topliss-reactive ketones (excluding diaryl/α,β-unsaturated/α-hetero) is 1. The summed E-state index contributed by atoms with van der Waals surface area (Å²) in [6.45, 7) is 2.08. The summed E-state index contributed by atoms with van der Waals surface area (Å²) in [4.78, 5) is 17.2. The van der Waals surface area contributed by atoms with Crippen LogP contribution in [0.2, 0.25) is 5.15 Å². The van der Waals surface area contributed by atoms with E-state index in [9.17, 15) is 10.1 Å². The van der Waals surface area contributed by atoms with E-state index in [2.05, 4.69) is 24.0 Å². The number of carbonyl (C=O) groups is 1. The summed E-state index contributed by atoms with van der Waals surface area (Å²) in [6.07, 6.45) is 2.66. The van der Waals surface area contributed by atoms with Crippen molar-refractivity contribution < 1.29 is 9.53 Å². The molecule has 2 N–H and O–H groups in total. The number of nitrogens with zero attached hydrogens (tertiary/aromatic N) is 2. The molecule has 0 bridgehead atoms. The van der Waals surface area contributed by atoms with E-state index in [1.165, 1.54) is 5.56 Å². The number of aromatic nitrogens is 1. The van der Waals surface area contributed by atoms with Gasteiger partial charge in [0.05, 0.1) is 11.4 Å². The highest BCUT2D eigenvalue weighted by atomic mass is 35.5. The Balaban J connectivity index is 1.97. The second-order valence-corrected chi connectivity index (χ2v) is 7.15. The fraction of sp³-hybridized carbons (Fsp3) is 0.286. The first-order valence-electron chi connectivity index (χ1n) is 8.96. The summed E-state index contributed by atoms with van der Waals surface area (Å²) < 4.78 is 5.61. The second-order valence-electron chi connectivity index (χ2n) is 6.79. The maximum absolute atomic E-state index is 12.7. The molecular formula is C21H18ClN3O2. The predicted molar refractivity (Wildman–Crippen MR) is 103 cm³/mol. The fourth-order valence-electron chi connectivity index (χ4n) is 3.81. The van der Waals surface area contributed by atoms with Crippen LogP contribution in [0.4, 0.5) is 0 Å². The minimum atomic E-state index is -0.638. The number of carbonyl (C=O) groups excluding carboxylic acids is 1. The number of nitriles is 1. The van der Waals surface area contributed by atoms with Gasteiger partial charge in [-0.15, -0.1) is 0 Å². The Hall–Kier alpha value is -2.84. The molecule has 0 amide bonds. The van der Waals surface area contributed by atoms with Gasteiger partial charge in [0.2, 0.25) is 5.88 Å². The molecule has 1 atom stereocenters. The number of benzene rings is 1. The predicted octanol–water partition coefficient (Wildman–Crippen LogP) is 4.27. The van der Waals surface area contributed by atoms with Gasteiger partial charge in [0, 0.05) is 29.4 Å². The quantitative estimate of drug-likeness (QED) is 0.787. The van der Waals surface area contributed by atoms with E-state index >= 15 is 0 Å². The van der Waals surface area contributed by atoms with Gasteiger partial charge in [-0.05, 0) is 36.6 Å². The van der Waals surface area contributed by atoms with Crippen LogP contribution in [0.5, 0.6) is 0 Å². The summed E-state index contributed by atoms with van der Waals surface area (Å²) in [7, 11) is 0. The first-order chi connectivity index (χ1) is 13.0. The van der Waals surface area contributed by atoms with Crippen LogP contribution >= 0.6 is 11.6 Å². The third-order valence-electron chi connectivity index (χ3n) is 5.18. The number of rotatable bonds is 2. The number of nitrogens with two attached hydrogens (primary N) is 1. The molecule has 2 aliphatic rings. The van der Waals surface area contributed by atoms with Crippen LogP contribution in [0.1, 0.15) is 43.2 Å². The van der Waals surface area contributed by atoms with Crippen LogP contribution in [-0.4, -0.2) is 10.8 Å². The fourth-order valence-corrected chi connectivity index (χ4v) is 4.06. The summed E-state index contributed by atoms with van der Waals surface area (Å²) in [6, 6.07) is 10.0. The Morgan fingerprint density at radius 1 is 1.37 bits per heavy atom. The van der Waals surface area contributed by atoms with Gasteiger partial charge in [-0.3, -0.25) is 4.79 Å². The lowest BCUT2D eigenvalue weighted by Gasteiger charge is -2.31. The standard InChI is InChI=1S/C21H18ClN3O2/c1-2-11-6-7-15-12(8-11)9-13(20(22)25-15)18-14(10-23)21(24)27-17-5-3-4-16(26)19(17)18/h6-9,18H,2-5,24H2,1H3/t18-/m1/s1. The highest BCUT2D eigenvalue weighted by molar-refractivity contribution is 6.30. The normalized spacial score (nSPS) is 19.7. The van der Waals surface area contributed by atoms with E-state index in [-0.39, 0.29) is 22.4 Å². The number of fused-ring (bicyclic) bond motifs is 1. The van der Waals surface area contributed by atoms with Crippen molar-refractivity contribution in [1.82, 2.24) is 4.98 Å². The Labute approximate surface area is 162 Å². The minimum absolute atomic E-state index is 0.0278. The van der Waals surface area contributed by atoms with Crippen LogP contribution in [0, 0.1) is 11.3 Å². The third-order valence-corrected chi connectivity index (χ3v) is 5.49. The van der Waals surface area contributed by atoms with E-state index in [4.69, 9.17) is 22.1 Å². The number of aryl methyl sites for hydroxylation is 1. The van der Waals surface area contributed by atoms with E-state index in [1.54, 1.807) is 0 Å². The molecule has 0 radical (unpaired) electrons. The number of pyridine rings is 1. The molecule has 6 heteroatoms. The summed E-state index contributed by atoms with van der Waals surface area (Å²) in [5.41, 5.74) is 9.26. The molecule has 4 rings (SSSR count). The van der Waals surface area contributed by atoms with Gasteiger partial charge in [-0.1, -0.05) is 24.6 Å². The highest BCUT2D eigenvalue weighted by Crippen LogP contribution is 2.45. The van der Waals surface area contributed by atoms with Crippen molar-refractivity contribution in [3.8, 4) is 6.07 Å². The van der Waals surface area contributed by atoms with Gasteiger partial charge in [0.25, 0.3) is 0 Å². The molecule has 2 aromatic rings. The molecule has 5 nitrogen and oxygen atoms in total. The Bertz CT molecular complexity index is 1080. The van der Waals surface area contributed by atoms with Gasteiger partial charge in [-0.2, -0.15) is 5.26 Å². The van der Waals surface area contributed by atoms with Crippen molar-refractivity contribution in [2.75, 3.05) is 0 Å². The van der Waals surface area contributed by atoms with Gasteiger partial charge in [0.1, 0.15) is 22.6 Å². The van der Waals surface area contributed by atoms with Crippen molar-refractivity contribution >= 4 is 28.3 Å². The molecule has 27 heavy (non-hydrogen) atoms. The Morgan fingerprint density at radius 3 is 2.93 bits per heavy atom. The van der Waals surface area contributed by atoms with Gasteiger partial charge < -0.3 is 10.5 Å². The topological polar surface area (TPSA) is 89.0 Å². The first kappa shape index (κ1) is 17.6. The lowest BCUT2D eigenvalue weighted by molar-refractivity contribution is -0.116. The molecule has 0 fully saturated rings. The summed E-state index contributed by atoms with van der Waals surface area (Å²) >= 11 is 6.50. The molecule has 1 aromatic carbocycles. The SMILES string of the molecule is CCc1ccc2nc(Cl)c([C@@H]3C(C#N)=C(N)OC4=C3C(=O)CCC4)cc2c1. The summed E-state index contributed by atoms with van der Waals surface area (Å²) in [5.74, 6) is -0.0816. The number of hydrogen-bond donors (Lipinski definition) is 1. The zero-order valence-corrected chi connectivity index (χ0v) is 15.6. The number of hydrogen-bond acceptors (Lipinski definition) is 5. The van der Waals surface area contributed by atoms with Gasteiger partial charge in [-0.25, -0.2) is 4.98 Å². The maximum Gasteiger partial charge on any atom is 0.205 e. The molecule has 0 spiro atoms. The zero-order chi connectivity index (χ0) is 19.1. The van der Waals surface area contributed by atoms with Crippen molar-refractivity contribution in [3.05, 3.63) is 63.3 Å². The smallest absolute Gasteiger partial charge is 0.205 e. The molecule has 2 heterocycles. The second kappa shape index (κ2) is 6.71.